The maximum absolute atomic E-state index is 12.5. The lowest BCUT2D eigenvalue weighted by Crippen LogP contribution is -2.43. The van der Waals surface area contributed by atoms with E-state index in [-0.39, 0.29) is 11.8 Å². The lowest BCUT2D eigenvalue weighted by atomic mass is 10.1. The zero-order chi connectivity index (χ0) is 17.7. The van der Waals surface area contributed by atoms with E-state index in [1.54, 1.807) is 35.6 Å². The molecule has 0 saturated carbocycles. The van der Waals surface area contributed by atoms with Gasteiger partial charge in [0.25, 0.3) is 0 Å². The van der Waals surface area contributed by atoms with Gasteiger partial charge < -0.3 is 4.74 Å². The first kappa shape index (κ1) is 18.8. The van der Waals surface area contributed by atoms with Crippen molar-refractivity contribution in [2.24, 2.45) is 0 Å². The van der Waals surface area contributed by atoms with Crippen molar-refractivity contribution in [3.63, 3.8) is 0 Å². The van der Waals surface area contributed by atoms with Crippen LogP contribution in [0.4, 0.5) is 0 Å². The van der Waals surface area contributed by atoms with Crippen molar-refractivity contribution in [1.29, 1.82) is 0 Å². The van der Waals surface area contributed by atoms with Crippen LogP contribution in [0.25, 0.3) is 0 Å². The standard InChI is InChI=1S/C17H21ClN2O3S2/c18-16-3-1-2-14(10-16)13-25(21,22)19-11-17(15-4-9-24-12-15)20-5-7-23-8-6-20/h1-4,9-10,12,17,19H,5-8,11,13H2/t17-/m0/s1. The van der Waals surface area contributed by atoms with Crippen LogP contribution in [-0.2, 0) is 20.5 Å². The van der Waals surface area contributed by atoms with Gasteiger partial charge in [0.15, 0.2) is 0 Å². The first-order valence-corrected chi connectivity index (χ1v) is 11.1. The van der Waals surface area contributed by atoms with E-state index in [9.17, 15) is 8.42 Å². The fraction of sp³-hybridized carbons (Fsp3) is 0.412. The van der Waals surface area contributed by atoms with Crippen LogP contribution in [0.5, 0.6) is 0 Å². The van der Waals surface area contributed by atoms with Gasteiger partial charge in [-0.05, 0) is 40.1 Å². The number of morpholine rings is 1. The van der Waals surface area contributed by atoms with Crippen LogP contribution in [0.15, 0.2) is 41.1 Å². The summed E-state index contributed by atoms with van der Waals surface area (Å²) >= 11 is 7.56. The predicted molar refractivity (Wildman–Crippen MR) is 102 cm³/mol. The summed E-state index contributed by atoms with van der Waals surface area (Å²) in [6.07, 6.45) is 0. The molecule has 0 amide bonds. The number of sulfonamides is 1. The van der Waals surface area contributed by atoms with Crippen LogP contribution in [0.2, 0.25) is 5.02 Å². The number of ether oxygens (including phenoxy) is 1. The quantitative estimate of drug-likeness (QED) is 0.776. The summed E-state index contributed by atoms with van der Waals surface area (Å²) in [4.78, 5) is 2.27. The summed E-state index contributed by atoms with van der Waals surface area (Å²) < 4.78 is 33.1. The van der Waals surface area contributed by atoms with E-state index in [1.165, 1.54) is 0 Å². The van der Waals surface area contributed by atoms with Gasteiger partial charge in [0.1, 0.15) is 0 Å². The molecule has 8 heteroatoms. The number of hydrogen-bond acceptors (Lipinski definition) is 5. The highest BCUT2D eigenvalue weighted by Gasteiger charge is 2.24. The van der Waals surface area contributed by atoms with E-state index in [0.717, 1.165) is 18.7 Å². The zero-order valence-corrected chi connectivity index (χ0v) is 16.1. The average molecular weight is 401 g/mol. The highest BCUT2D eigenvalue weighted by molar-refractivity contribution is 7.88. The summed E-state index contributed by atoms with van der Waals surface area (Å²) in [5.74, 6) is -0.0764. The summed E-state index contributed by atoms with van der Waals surface area (Å²) in [7, 11) is -3.44. The molecular formula is C17H21ClN2O3S2. The van der Waals surface area contributed by atoms with E-state index in [2.05, 4.69) is 21.1 Å². The van der Waals surface area contributed by atoms with Crippen LogP contribution in [0, 0.1) is 0 Å². The molecule has 1 aromatic heterocycles. The van der Waals surface area contributed by atoms with Crippen molar-refractivity contribution >= 4 is 33.0 Å². The van der Waals surface area contributed by atoms with Crippen molar-refractivity contribution in [3.8, 4) is 0 Å². The molecule has 2 aromatic rings. The van der Waals surface area contributed by atoms with Crippen LogP contribution in [-0.4, -0.2) is 46.2 Å². The fourth-order valence-electron chi connectivity index (χ4n) is 2.91. The zero-order valence-electron chi connectivity index (χ0n) is 13.7. The van der Waals surface area contributed by atoms with Crippen LogP contribution >= 0.6 is 22.9 Å². The largest absolute Gasteiger partial charge is 0.379 e. The third-order valence-corrected chi connectivity index (χ3v) is 6.41. The monoisotopic (exact) mass is 400 g/mol. The Labute approximate surface area is 157 Å². The molecule has 0 radical (unpaired) electrons. The second-order valence-corrected chi connectivity index (χ2v) is 8.98. The topological polar surface area (TPSA) is 58.6 Å². The minimum absolute atomic E-state index is 0.0179. The third kappa shape index (κ3) is 5.51. The Morgan fingerprint density at radius 1 is 1.28 bits per heavy atom. The Morgan fingerprint density at radius 3 is 2.76 bits per heavy atom. The molecule has 2 heterocycles. The van der Waals surface area contributed by atoms with E-state index in [0.29, 0.717) is 30.3 Å². The van der Waals surface area contributed by atoms with Crippen LogP contribution < -0.4 is 4.72 Å². The Kier molecular flexibility index (Phi) is 6.49. The Balaban J connectivity index is 1.67. The summed E-state index contributed by atoms with van der Waals surface area (Å²) in [5.41, 5.74) is 1.82. The van der Waals surface area contributed by atoms with Gasteiger partial charge in [-0.2, -0.15) is 11.3 Å². The van der Waals surface area contributed by atoms with Gasteiger partial charge in [0.2, 0.25) is 10.0 Å². The lowest BCUT2D eigenvalue weighted by molar-refractivity contribution is 0.0173. The number of nitrogens with zero attached hydrogens (tertiary/aromatic N) is 1. The maximum Gasteiger partial charge on any atom is 0.215 e. The summed E-state index contributed by atoms with van der Waals surface area (Å²) in [6, 6.07) is 9.01. The van der Waals surface area contributed by atoms with Gasteiger partial charge in [-0.1, -0.05) is 23.7 Å². The molecule has 1 aliphatic rings. The second kappa shape index (κ2) is 8.62. The summed E-state index contributed by atoms with van der Waals surface area (Å²) in [6.45, 7) is 3.30. The van der Waals surface area contributed by atoms with Crippen LogP contribution in [0.3, 0.4) is 0 Å². The first-order valence-electron chi connectivity index (χ1n) is 8.09. The number of halogens is 1. The minimum Gasteiger partial charge on any atom is -0.379 e. The maximum atomic E-state index is 12.5. The smallest absolute Gasteiger partial charge is 0.215 e. The van der Waals surface area contributed by atoms with E-state index >= 15 is 0 Å². The van der Waals surface area contributed by atoms with Crippen molar-refractivity contribution in [3.05, 3.63) is 57.2 Å². The molecule has 1 aliphatic heterocycles. The van der Waals surface area contributed by atoms with E-state index in [4.69, 9.17) is 16.3 Å². The number of nitrogens with one attached hydrogen (secondary N) is 1. The molecule has 25 heavy (non-hydrogen) atoms. The summed E-state index contributed by atoms with van der Waals surface area (Å²) in [5, 5.41) is 4.63. The van der Waals surface area contributed by atoms with Gasteiger partial charge in [0.05, 0.1) is 19.0 Å². The average Bonchev–Trinajstić information content (AvgIpc) is 3.10. The molecule has 1 aromatic carbocycles. The molecule has 0 unspecified atom stereocenters. The van der Waals surface area contributed by atoms with Crippen LogP contribution in [0.1, 0.15) is 17.2 Å². The molecule has 5 nitrogen and oxygen atoms in total. The van der Waals surface area contributed by atoms with Gasteiger partial charge in [-0.15, -0.1) is 0 Å². The molecule has 1 fully saturated rings. The third-order valence-electron chi connectivity index (χ3n) is 4.16. The molecule has 1 atom stereocenters. The Bertz CT molecular complexity index is 775. The predicted octanol–water partition coefficient (Wildman–Crippen LogP) is 2.89. The van der Waals surface area contributed by atoms with Crippen molar-refractivity contribution in [2.75, 3.05) is 32.8 Å². The Hall–Kier alpha value is -0.960. The Morgan fingerprint density at radius 2 is 2.08 bits per heavy atom. The molecule has 0 aliphatic carbocycles. The molecule has 0 spiro atoms. The van der Waals surface area contributed by atoms with Crippen molar-refractivity contribution < 1.29 is 13.2 Å². The molecule has 3 rings (SSSR count). The molecule has 136 valence electrons. The first-order chi connectivity index (χ1) is 12.0. The number of hydrogen-bond donors (Lipinski definition) is 1. The number of benzene rings is 1. The van der Waals surface area contributed by atoms with Gasteiger partial charge >= 0.3 is 0 Å². The normalized spacial score (nSPS) is 17.5. The van der Waals surface area contributed by atoms with E-state index in [1.807, 2.05) is 5.38 Å². The highest BCUT2D eigenvalue weighted by Crippen LogP contribution is 2.24. The lowest BCUT2D eigenvalue weighted by Gasteiger charge is -2.34. The molecule has 1 saturated heterocycles. The molecular weight excluding hydrogens is 380 g/mol. The minimum atomic E-state index is -3.44. The van der Waals surface area contributed by atoms with Crippen molar-refractivity contribution in [2.45, 2.75) is 11.8 Å². The highest BCUT2D eigenvalue weighted by atomic mass is 35.5. The SMILES string of the molecule is O=S(=O)(Cc1cccc(Cl)c1)NC[C@@H](c1ccsc1)N1CCOCC1. The molecule has 0 bridgehead atoms. The van der Waals surface area contributed by atoms with E-state index < -0.39 is 10.0 Å². The van der Waals surface area contributed by atoms with Gasteiger partial charge in [-0.25, -0.2) is 13.1 Å². The van der Waals surface area contributed by atoms with Gasteiger partial charge in [0, 0.05) is 30.7 Å². The number of thiophene rings is 1. The second-order valence-electron chi connectivity index (χ2n) is 5.96. The molecule has 1 N–H and O–H groups in total. The fourth-order valence-corrected chi connectivity index (χ4v) is 4.97. The number of rotatable bonds is 7. The van der Waals surface area contributed by atoms with Crippen molar-refractivity contribution in [1.82, 2.24) is 9.62 Å². The van der Waals surface area contributed by atoms with Gasteiger partial charge in [-0.3, -0.25) is 4.90 Å².